The fourth-order valence-corrected chi connectivity index (χ4v) is 4.92. The number of alkyl halides is 1. The molecule has 1 aliphatic heterocycles. The van der Waals surface area contributed by atoms with Crippen molar-refractivity contribution in [3.05, 3.63) is 35.4 Å². The summed E-state index contributed by atoms with van der Waals surface area (Å²) >= 11 is 5.69. The molecule has 1 aromatic carbocycles. The van der Waals surface area contributed by atoms with Crippen molar-refractivity contribution < 1.29 is 12.6 Å². The van der Waals surface area contributed by atoms with E-state index in [9.17, 15) is 12.6 Å². The lowest BCUT2D eigenvalue weighted by Gasteiger charge is -2.25. The fraction of sp³-hybridized carbons (Fsp3) is 0.500. The van der Waals surface area contributed by atoms with Gasteiger partial charge in [-0.3, -0.25) is 4.21 Å². The summed E-state index contributed by atoms with van der Waals surface area (Å²) in [4.78, 5) is 0. The summed E-state index contributed by atoms with van der Waals surface area (Å²) in [6.07, 6.45) is 0. The van der Waals surface area contributed by atoms with Gasteiger partial charge < -0.3 is 0 Å². The molecule has 0 aliphatic carbocycles. The number of sulfonamides is 1. The van der Waals surface area contributed by atoms with E-state index in [4.69, 9.17) is 11.6 Å². The van der Waals surface area contributed by atoms with Gasteiger partial charge in [0, 0.05) is 41.3 Å². The Morgan fingerprint density at radius 1 is 1.11 bits per heavy atom. The Morgan fingerprint density at radius 3 is 2.16 bits per heavy atom. The van der Waals surface area contributed by atoms with Crippen molar-refractivity contribution >= 4 is 32.4 Å². The largest absolute Gasteiger partial charge is 0.259 e. The average Bonchev–Trinajstić information content (AvgIpc) is 2.40. The first-order valence-electron chi connectivity index (χ1n) is 5.98. The number of benzene rings is 1. The van der Waals surface area contributed by atoms with E-state index in [1.807, 2.05) is 12.1 Å². The van der Waals surface area contributed by atoms with E-state index >= 15 is 0 Å². The Hall–Kier alpha value is -0.430. The Balaban J connectivity index is 2.05. The van der Waals surface area contributed by atoms with E-state index in [0.717, 1.165) is 11.1 Å². The van der Waals surface area contributed by atoms with E-state index in [0.29, 0.717) is 30.5 Å². The molecule has 1 aromatic rings. The number of nitrogens with zero attached hydrogens (tertiary/aromatic N) is 1. The smallest absolute Gasteiger partial charge is 0.218 e. The molecule has 2 rings (SSSR count). The molecule has 0 aromatic heterocycles. The molecule has 0 unspecified atom stereocenters. The highest BCUT2D eigenvalue weighted by Crippen LogP contribution is 2.14. The van der Waals surface area contributed by atoms with Gasteiger partial charge in [0.05, 0.1) is 5.75 Å². The molecule has 0 N–H and O–H groups in total. The van der Waals surface area contributed by atoms with Crippen LogP contribution in [0.4, 0.5) is 0 Å². The summed E-state index contributed by atoms with van der Waals surface area (Å²) in [6, 6.07) is 7.25. The second kappa shape index (κ2) is 6.35. The molecule has 0 amide bonds. The van der Waals surface area contributed by atoms with Crippen molar-refractivity contribution in [3.63, 3.8) is 0 Å². The molecule has 106 valence electrons. The summed E-state index contributed by atoms with van der Waals surface area (Å²) in [5.74, 6) is 1.28. The molecule has 1 saturated heterocycles. The van der Waals surface area contributed by atoms with Crippen molar-refractivity contribution in [1.82, 2.24) is 4.31 Å². The molecule has 0 atom stereocenters. The van der Waals surface area contributed by atoms with Gasteiger partial charge in [0.15, 0.2) is 0 Å². The van der Waals surface area contributed by atoms with Crippen LogP contribution in [0.3, 0.4) is 0 Å². The molecule has 19 heavy (non-hydrogen) atoms. The van der Waals surface area contributed by atoms with Crippen LogP contribution in [0.25, 0.3) is 0 Å². The van der Waals surface area contributed by atoms with Gasteiger partial charge in [0.25, 0.3) is 0 Å². The Kier molecular flexibility index (Phi) is 5.00. The van der Waals surface area contributed by atoms with Crippen LogP contribution in [0.15, 0.2) is 24.3 Å². The second-order valence-electron chi connectivity index (χ2n) is 4.45. The van der Waals surface area contributed by atoms with Crippen molar-refractivity contribution in [3.8, 4) is 0 Å². The molecule has 7 heteroatoms. The molecule has 1 fully saturated rings. The van der Waals surface area contributed by atoms with Crippen molar-refractivity contribution in [2.24, 2.45) is 0 Å². The van der Waals surface area contributed by atoms with Gasteiger partial charge in [-0.2, -0.15) is 4.31 Å². The van der Waals surface area contributed by atoms with Gasteiger partial charge in [0.2, 0.25) is 10.0 Å². The maximum Gasteiger partial charge on any atom is 0.218 e. The molecular weight excluding hydrogens is 306 g/mol. The first-order valence-corrected chi connectivity index (χ1v) is 9.61. The van der Waals surface area contributed by atoms with E-state index in [1.54, 1.807) is 12.1 Å². The zero-order valence-corrected chi connectivity index (χ0v) is 12.8. The molecule has 4 nitrogen and oxygen atoms in total. The number of halogens is 1. The van der Waals surface area contributed by atoms with Crippen LogP contribution in [-0.4, -0.2) is 41.5 Å². The van der Waals surface area contributed by atoms with Crippen LogP contribution in [0.5, 0.6) is 0 Å². The molecule has 0 saturated carbocycles. The second-order valence-corrected chi connectivity index (χ2v) is 8.39. The minimum absolute atomic E-state index is 0.0117. The van der Waals surface area contributed by atoms with Crippen LogP contribution < -0.4 is 0 Å². The lowest BCUT2D eigenvalue weighted by atomic mass is 10.2. The van der Waals surface area contributed by atoms with Crippen molar-refractivity contribution in [2.45, 2.75) is 11.6 Å². The third-order valence-electron chi connectivity index (χ3n) is 3.06. The van der Waals surface area contributed by atoms with Crippen LogP contribution in [-0.2, 0) is 32.5 Å². The number of rotatable bonds is 4. The normalized spacial score (nSPS) is 18.6. The summed E-state index contributed by atoms with van der Waals surface area (Å²) < 4.78 is 37.1. The van der Waals surface area contributed by atoms with Crippen LogP contribution in [0.1, 0.15) is 11.1 Å². The Labute approximate surface area is 121 Å². The molecule has 0 spiro atoms. The minimum Gasteiger partial charge on any atom is -0.259 e. The van der Waals surface area contributed by atoms with E-state index < -0.39 is 20.8 Å². The number of hydrogen-bond donors (Lipinski definition) is 0. The first kappa shape index (κ1) is 15.0. The van der Waals surface area contributed by atoms with E-state index in [1.165, 1.54) is 4.31 Å². The highest BCUT2D eigenvalue weighted by atomic mass is 35.5. The SMILES string of the molecule is O=S1CCN(S(=O)(=O)Cc2ccc(CCl)cc2)CC1. The van der Waals surface area contributed by atoms with Gasteiger partial charge in [-0.1, -0.05) is 24.3 Å². The van der Waals surface area contributed by atoms with Crippen LogP contribution in [0, 0.1) is 0 Å². The lowest BCUT2D eigenvalue weighted by molar-refractivity contribution is 0.438. The lowest BCUT2D eigenvalue weighted by Crippen LogP contribution is -2.42. The highest BCUT2D eigenvalue weighted by Gasteiger charge is 2.26. The van der Waals surface area contributed by atoms with Gasteiger partial charge in [-0.15, -0.1) is 11.6 Å². The van der Waals surface area contributed by atoms with Crippen LogP contribution >= 0.6 is 11.6 Å². The maximum absolute atomic E-state index is 12.2. The highest BCUT2D eigenvalue weighted by molar-refractivity contribution is 7.88. The summed E-state index contributed by atoms with van der Waals surface area (Å²) in [5.41, 5.74) is 1.72. The Bertz CT molecular complexity index is 547. The van der Waals surface area contributed by atoms with Crippen LogP contribution in [0.2, 0.25) is 0 Å². The predicted molar refractivity (Wildman–Crippen MR) is 78.1 cm³/mol. The van der Waals surface area contributed by atoms with Crippen molar-refractivity contribution in [1.29, 1.82) is 0 Å². The predicted octanol–water partition coefficient (Wildman–Crippen LogP) is 1.32. The first-order chi connectivity index (χ1) is 9.01. The van der Waals surface area contributed by atoms with Gasteiger partial charge >= 0.3 is 0 Å². The topological polar surface area (TPSA) is 54.5 Å². The third kappa shape index (κ3) is 4.02. The zero-order chi connectivity index (χ0) is 13.9. The Morgan fingerprint density at radius 2 is 1.63 bits per heavy atom. The van der Waals surface area contributed by atoms with Gasteiger partial charge in [0.1, 0.15) is 0 Å². The van der Waals surface area contributed by atoms with E-state index in [2.05, 4.69) is 0 Å². The average molecular weight is 322 g/mol. The molecule has 0 radical (unpaired) electrons. The zero-order valence-electron chi connectivity index (χ0n) is 10.4. The summed E-state index contributed by atoms with van der Waals surface area (Å²) in [5, 5.41) is 0. The van der Waals surface area contributed by atoms with E-state index in [-0.39, 0.29) is 5.75 Å². The molecule has 1 heterocycles. The number of hydrogen-bond acceptors (Lipinski definition) is 3. The van der Waals surface area contributed by atoms with Gasteiger partial charge in [-0.25, -0.2) is 8.42 Å². The molecule has 1 aliphatic rings. The minimum atomic E-state index is -3.31. The van der Waals surface area contributed by atoms with Crippen molar-refractivity contribution in [2.75, 3.05) is 24.6 Å². The van der Waals surface area contributed by atoms with Gasteiger partial charge in [-0.05, 0) is 11.1 Å². The molecular formula is C12H16ClNO3S2. The third-order valence-corrected chi connectivity index (χ3v) is 6.49. The maximum atomic E-state index is 12.2. The standard InChI is InChI=1S/C12H16ClNO3S2/c13-9-11-1-3-12(4-2-11)10-19(16,17)14-5-7-18(15)8-6-14/h1-4H,5-10H2. The quantitative estimate of drug-likeness (QED) is 0.786. The fourth-order valence-electron chi connectivity index (χ4n) is 1.93. The monoisotopic (exact) mass is 321 g/mol. The molecule has 0 bridgehead atoms. The summed E-state index contributed by atoms with van der Waals surface area (Å²) in [6.45, 7) is 0.712. The summed E-state index contributed by atoms with van der Waals surface area (Å²) in [7, 11) is -4.18.